The molecule has 0 unspecified atom stereocenters. The Morgan fingerprint density at radius 2 is 0.708 bits per heavy atom. The Morgan fingerprint density at radius 1 is 0.417 bits per heavy atom. The lowest BCUT2D eigenvalue weighted by molar-refractivity contribution is -0.0191. The third kappa shape index (κ3) is 21.7. The van der Waals surface area contributed by atoms with Gasteiger partial charge in [-0.2, -0.15) is 0 Å². The minimum absolute atomic E-state index is 0.563. The molecule has 0 aromatic carbocycles. The van der Waals surface area contributed by atoms with Crippen LogP contribution in [0, 0.1) is 0 Å². The van der Waals surface area contributed by atoms with Gasteiger partial charge in [-0.1, -0.05) is 13.3 Å². The zero-order valence-corrected chi connectivity index (χ0v) is 15.5. The summed E-state index contributed by atoms with van der Waals surface area (Å²) >= 11 is 0. The quantitative estimate of drug-likeness (QED) is 0.290. The highest BCUT2D eigenvalue weighted by Gasteiger charge is 1.94. The molecular weight excluding hydrogens is 316 g/mol. The summed E-state index contributed by atoms with van der Waals surface area (Å²) in [5.41, 5.74) is 0. The molecule has 0 aromatic rings. The fraction of sp³-hybridized carbons (Fsp3) is 1.00. The smallest absolute Gasteiger partial charge is 0.0701 e. The molecule has 0 aliphatic rings. The maximum atomic E-state index is 5.40. The van der Waals surface area contributed by atoms with Gasteiger partial charge in [0.05, 0.1) is 79.3 Å². The van der Waals surface area contributed by atoms with Crippen molar-refractivity contribution in [2.24, 2.45) is 0 Å². The molecule has 0 aliphatic heterocycles. The van der Waals surface area contributed by atoms with Crippen molar-refractivity contribution in [3.8, 4) is 0 Å². The van der Waals surface area contributed by atoms with E-state index in [2.05, 4.69) is 6.92 Å². The molecule has 0 saturated heterocycles. The molecule has 7 nitrogen and oxygen atoms in total. The monoisotopic (exact) mass is 352 g/mol. The van der Waals surface area contributed by atoms with Crippen molar-refractivity contribution < 1.29 is 33.2 Å². The van der Waals surface area contributed by atoms with Crippen molar-refractivity contribution in [1.29, 1.82) is 0 Å². The maximum Gasteiger partial charge on any atom is 0.0701 e. The molecule has 0 aromatic heterocycles. The summed E-state index contributed by atoms with van der Waals surface area (Å²) in [6.07, 6.45) is 2.27. The van der Waals surface area contributed by atoms with E-state index >= 15 is 0 Å². The zero-order chi connectivity index (χ0) is 17.6. The van der Waals surface area contributed by atoms with Crippen molar-refractivity contribution in [3.05, 3.63) is 0 Å². The van der Waals surface area contributed by atoms with Gasteiger partial charge in [-0.05, 0) is 6.42 Å². The lowest BCUT2D eigenvalue weighted by Crippen LogP contribution is -2.14. The normalized spacial score (nSPS) is 11.2. The number of hydrogen-bond donors (Lipinski definition) is 0. The van der Waals surface area contributed by atoms with Gasteiger partial charge in [0.2, 0.25) is 0 Å². The van der Waals surface area contributed by atoms with Crippen molar-refractivity contribution in [1.82, 2.24) is 0 Å². The van der Waals surface area contributed by atoms with Crippen LogP contribution in [-0.2, 0) is 33.2 Å². The molecule has 0 rings (SSSR count). The van der Waals surface area contributed by atoms with Gasteiger partial charge in [0.25, 0.3) is 0 Å². The van der Waals surface area contributed by atoms with Gasteiger partial charge in [-0.25, -0.2) is 0 Å². The lowest BCUT2D eigenvalue weighted by Gasteiger charge is -2.08. The van der Waals surface area contributed by atoms with E-state index in [1.807, 2.05) is 0 Å². The molecule has 0 N–H and O–H groups in total. The first-order chi connectivity index (χ1) is 11.9. The van der Waals surface area contributed by atoms with Crippen molar-refractivity contribution in [3.63, 3.8) is 0 Å². The van der Waals surface area contributed by atoms with E-state index in [-0.39, 0.29) is 0 Å². The fourth-order valence-electron chi connectivity index (χ4n) is 1.59. The van der Waals surface area contributed by atoms with Gasteiger partial charge < -0.3 is 33.2 Å². The topological polar surface area (TPSA) is 64.6 Å². The first-order valence-corrected chi connectivity index (χ1v) is 8.87. The predicted molar refractivity (Wildman–Crippen MR) is 91.7 cm³/mol. The van der Waals surface area contributed by atoms with E-state index in [1.54, 1.807) is 7.11 Å². The second-order valence-corrected chi connectivity index (χ2v) is 5.02. The highest BCUT2D eigenvalue weighted by atomic mass is 16.6. The van der Waals surface area contributed by atoms with Crippen LogP contribution in [0.4, 0.5) is 0 Å². The first-order valence-electron chi connectivity index (χ1n) is 8.87. The summed E-state index contributed by atoms with van der Waals surface area (Å²) in [5, 5.41) is 0. The van der Waals surface area contributed by atoms with Crippen LogP contribution in [0.3, 0.4) is 0 Å². The second-order valence-electron chi connectivity index (χ2n) is 5.02. The van der Waals surface area contributed by atoms with Gasteiger partial charge in [-0.3, -0.25) is 0 Å². The van der Waals surface area contributed by atoms with Crippen LogP contribution in [0.2, 0.25) is 0 Å². The van der Waals surface area contributed by atoms with Crippen LogP contribution >= 0.6 is 0 Å². The molecule has 24 heavy (non-hydrogen) atoms. The summed E-state index contributed by atoms with van der Waals surface area (Å²) in [6.45, 7) is 10.0. The number of ether oxygens (including phenoxy) is 7. The average molecular weight is 352 g/mol. The fourth-order valence-corrected chi connectivity index (χ4v) is 1.59. The van der Waals surface area contributed by atoms with Gasteiger partial charge in [0.1, 0.15) is 0 Å². The SMILES string of the molecule is CCCCOCCOCCOCCOCCOCCOCCOC. The highest BCUT2D eigenvalue weighted by molar-refractivity contribution is 4.37. The molecule has 0 radical (unpaired) electrons. The van der Waals surface area contributed by atoms with E-state index in [1.165, 1.54) is 0 Å². The van der Waals surface area contributed by atoms with E-state index in [0.29, 0.717) is 79.3 Å². The summed E-state index contributed by atoms with van der Waals surface area (Å²) < 4.78 is 37.1. The lowest BCUT2D eigenvalue weighted by atomic mass is 10.4. The summed E-state index contributed by atoms with van der Waals surface area (Å²) in [4.78, 5) is 0. The Kier molecular flexibility index (Phi) is 22.5. The molecule has 0 saturated carbocycles. The third-order valence-corrected chi connectivity index (χ3v) is 2.93. The molecule has 146 valence electrons. The molecule has 0 amide bonds. The molecule has 0 fully saturated rings. The Morgan fingerprint density at radius 3 is 1.00 bits per heavy atom. The molecular formula is C17H36O7. The second kappa shape index (κ2) is 22.7. The van der Waals surface area contributed by atoms with Crippen LogP contribution in [0.25, 0.3) is 0 Å². The molecule has 0 spiro atoms. The Labute approximate surface area is 146 Å². The Balaban J connectivity index is 2.93. The van der Waals surface area contributed by atoms with Crippen LogP contribution in [-0.4, -0.2) is 93.0 Å². The zero-order valence-electron chi connectivity index (χ0n) is 15.5. The van der Waals surface area contributed by atoms with E-state index in [9.17, 15) is 0 Å². The summed E-state index contributed by atoms with van der Waals surface area (Å²) in [7, 11) is 1.65. The minimum atomic E-state index is 0.563. The Hall–Kier alpha value is -0.280. The molecule has 0 atom stereocenters. The Bertz CT molecular complexity index is 195. The van der Waals surface area contributed by atoms with Crippen LogP contribution < -0.4 is 0 Å². The summed E-state index contributed by atoms with van der Waals surface area (Å²) in [5.74, 6) is 0. The van der Waals surface area contributed by atoms with Crippen LogP contribution in [0.15, 0.2) is 0 Å². The number of rotatable bonds is 21. The van der Waals surface area contributed by atoms with Gasteiger partial charge >= 0.3 is 0 Å². The van der Waals surface area contributed by atoms with Crippen LogP contribution in [0.1, 0.15) is 19.8 Å². The van der Waals surface area contributed by atoms with E-state index in [0.717, 1.165) is 19.4 Å². The third-order valence-electron chi connectivity index (χ3n) is 2.93. The van der Waals surface area contributed by atoms with Crippen molar-refractivity contribution in [2.75, 3.05) is 93.0 Å². The molecule has 0 bridgehead atoms. The largest absolute Gasteiger partial charge is 0.382 e. The highest BCUT2D eigenvalue weighted by Crippen LogP contribution is 1.88. The molecule has 0 heterocycles. The van der Waals surface area contributed by atoms with E-state index < -0.39 is 0 Å². The first kappa shape index (κ1) is 23.7. The molecule has 7 heteroatoms. The summed E-state index contributed by atoms with van der Waals surface area (Å²) in [6, 6.07) is 0. The van der Waals surface area contributed by atoms with Crippen LogP contribution in [0.5, 0.6) is 0 Å². The standard InChI is InChI=1S/C17H36O7/c1-3-4-5-19-8-9-21-12-13-23-16-17-24-15-14-22-11-10-20-7-6-18-2/h3-17H2,1-2H3. The van der Waals surface area contributed by atoms with Crippen molar-refractivity contribution >= 4 is 0 Å². The minimum Gasteiger partial charge on any atom is -0.382 e. The average Bonchev–Trinajstić information content (AvgIpc) is 2.60. The maximum absolute atomic E-state index is 5.40. The number of hydrogen-bond acceptors (Lipinski definition) is 7. The predicted octanol–water partition coefficient (Wildman–Crippen LogP) is 1.53. The van der Waals surface area contributed by atoms with Gasteiger partial charge in [0, 0.05) is 13.7 Å². The molecule has 0 aliphatic carbocycles. The van der Waals surface area contributed by atoms with Crippen molar-refractivity contribution in [2.45, 2.75) is 19.8 Å². The number of unbranched alkanes of at least 4 members (excludes halogenated alkanes) is 1. The van der Waals surface area contributed by atoms with Gasteiger partial charge in [-0.15, -0.1) is 0 Å². The number of methoxy groups -OCH3 is 1. The van der Waals surface area contributed by atoms with E-state index in [4.69, 9.17) is 33.2 Å². The van der Waals surface area contributed by atoms with Gasteiger partial charge in [0.15, 0.2) is 0 Å².